The Bertz CT molecular complexity index is 863. The third-order valence-electron chi connectivity index (χ3n) is 4.26. The number of benzene rings is 2. The van der Waals surface area contributed by atoms with Crippen LogP contribution in [0.1, 0.15) is 17.2 Å². The van der Waals surface area contributed by atoms with Crippen molar-refractivity contribution in [2.75, 3.05) is 20.6 Å². The summed E-state index contributed by atoms with van der Waals surface area (Å²) in [6.07, 6.45) is 3.50. The lowest BCUT2D eigenvalue weighted by atomic mass is 10.0. The van der Waals surface area contributed by atoms with E-state index >= 15 is 0 Å². The van der Waals surface area contributed by atoms with Crippen LogP contribution in [0.5, 0.6) is 0 Å². The topological polar surface area (TPSA) is 32.3 Å². The van der Waals surface area contributed by atoms with Crippen LogP contribution in [0.3, 0.4) is 0 Å². The lowest BCUT2D eigenvalue weighted by molar-refractivity contribution is -0.116. The van der Waals surface area contributed by atoms with Gasteiger partial charge in [0.1, 0.15) is 0 Å². The van der Waals surface area contributed by atoms with Crippen molar-refractivity contribution in [2.45, 2.75) is 6.04 Å². The van der Waals surface area contributed by atoms with Gasteiger partial charge >= 0.3 is 0 Å². The van der Waals surface area contributed by atoms with Crippen molar-refractivity contribution in [3.8, 4) is 0 Å². The van der Waals surface area contributed by atoms with Crippen LogP contribution >= 0.6 is 11.3 Å². The number of hydrogen-bond acceptors (Lipinski definition) is 3. The minimum absolute atomic E-state index is 0.0741. The van der Waals surface area contributed by atoms with Crippen LogP contribution in [0.4, 0.5) is 0 Å². The maximum absolute atomic E-state index is 12.2. The number of fused-ring (bicyclic) bond motifs is 1. The van der Waals surface area contributed by atoms with Gasteiger partial charge in [-0.2, -0.15) is 11.3 Å². The van der Waals surface area contributed by atoms with E-state index in [0.29, 0.717) is 6.54 Å². The molecule has 1 heterocycles. The smallest absolute Gasteiger partial charge is 0.244 e. The molecule has 3 aromatic rings. The molecule has 1 amide bonds. The summed E-state index contributed by atoms with van der Waals surface area (Å²) in [6, 6.07) is 16.6. The lowest BCUT2D eigenvalue weighted by Crippen LogP contribution is -2.33. The molecule has 3 rings (SSSR count). The number of nitrogens with one attached hydrogen (secondary N) is 1. The SMILES string of the molecule is CN(C)C(CNC(=O)/C=C/c1cccc2ccccc12)c1ccsc1. The average Bonchev–Trinajstić information content (AvgIpc) is 3.14. The summed E-state index contributed by atoms with van der Waals surface area (Å²) in [7, 11) is 4.06. The molecule has 25 heavy (non-hydrogen) atoms. The largest absolute Gasteiger partial charge is 0.351 e. The summed E-state index contributed by atoms with van der Waals surface area (Å²) in [5.74, 6) is -0.0741. The molecule has 0 bridgehead atoms. The fraction of sp³-hybridized carbons (Fsp3) is 0.190. The monoisotopic (exact) mass is 350 g/mol. The Balaban J connectivity index is 1.66. The Labute approximate surface area is 152 Å². The van der Waals surface area contributed by atoms with Crippen molar-refractivity contribution < 1.29 is 4.79 Å². The summed E-state index contributed by atoms with van der Waals surface area (Å²) in [4.78, 5) is 14.4. The molecule has 0 spiro atoms. The normalized spacial score (nSPS) is 12.8. The molecule has 0 saturated carbocycles. The Kier molecular flexibility index (Phi) is 5.64. The van der Waals surface area contributed by atoms with Crippen LogP contribution in [0.15, 0.2) is 65.4 Å². The van der Waals surface area contributed by atoms with Crippen molar-refractivity contribution in [2.24, 2.45) is 0 Å². The molecular formula is C21H22N2OS. The number of rotatable bonds is 6. The second kappa shape index (κ2) is 8.10. The highest BCUT2D eigenvalue weighted by molar-refractivity contribution is 7.07. The van der Waals surface area contributed by atoms with Gasteiger partial charge in [-0.25, -0.2) is 0 Å². The van der Waals surface area contributed by atoms with E-state index in [4.69, 9.17) is 0 Å². The molecular weight excluding hydrogens is 328 g/mol. The first-order valence-electron chi connectivity index (χ1n) is 8.27. The molecule has 1 atom stereocenters. The van der Waals surface area contributed by atoms with Crippen molar-refractivity contribution in [1.82, 2.24) is 10.2 Å². The first kappa shape index (κ1) is 17.4. The molecule has 4 heteroatoms. The van der Waals surface area contributed by atoms with Crippen LogP contribution < -0.4 is 5.32 Å². The van der Waals surface area contributed by atoms with Crippen molar-refractivity contribution in [1.29, 1.82) is 0 Å². The van der Waals surface area contributed by atoms with E-state index in [1.807, 2.05) is 44.4 Å². The van der Waals surface area contributed by atoms with Crippen molar-refractivity contribution in [3.05, 3.63) is 76.5 Å². The predicted octanol–water partition coefficient (Wildman–Crippen LogP) is 4.33. The Morgan fingerprint density at radius 1 is 1.16 bits per heavy atom. The molecule has 1 unspecified atom stereocenters. The highest BCUT2D eigenvalue weighted by Crippen LogP contribution is 2.21. The van der Waals surface area contributed by atoms with Gasteiger partial charge in [0.05, 0.1) is 6.04 Å². The first-order valence-corrected chi connectivity index (χ1v) is 9.21. The zero-order valence-electron chi connectivity index (χ0n) is 14.5. The molecule has 0 aliphatic heterocycles. The van der Waals surface area contributed by atoms with Crippen LogP contribution in [0.2, 0.25) is 0 Å². The standard InChI is InChI=1S/C21H22N2OS/c1-23(2)20(18-12-13-25-15-18)14-22-21(24)11-10-17-8-5-7-16-6-3-4-9-19(16)17/h3-13,15,20H,14H2,1-2H3,(H,22,24)/b11-10+. The van der Waals surface area contributed by atoms with Crippen LogP contribution in [0.25, 0.3) is 16.8 Å². The van der Waals surface area contributed by atoms with Crippen LogP contribution in [0, 0.1) is 0 Å². The number of likely N-dealkylation sites (N-methyl/N-ethyl adjacent to an activating group) is 1. The molecule has 0 aliphatic carbocycles. The molecule has 1 aromatic heterocycles. The molecule has 1 N–H and O–H groups in total. The van der Waals surface area contributed by atoms with Gasteiger partial charge in [0, 0.05) is 12.6 Å². The van der Waals surface area contributed by atoms with E-state index in [2.05, 4.69) is 45.2 Å². The van der Waals surface area contributed by atoms with Crippen molar-refractivity contribution in [3.63, 3.8) is 0 Å². The molecule has 2 aromatic carbocycles. The third-order valence-corrected chi connectivity index (χ3v) is 4.96. The van der Waals surface area contributed by atoms with Crippen molar-refractivity contribution >= 4 is 34.1 Å². The number of thiophene rings is 1. The van der Waals surface area contributed by atoms with Crippen LogP contribution in [-0.2, 0) is 4.79 Å². The van der Waals surface area contributed by atoms with Gasteiger partial charge < -0.3 is 10.2 Å². The van der Waals surface area contributed by atoms with E-state index in [1.165, 1.54) is 10.9 Å². The Hall–Kier alpha value is -2.43. The highest BCUT2D eigenvalue weighted by atomic mass is 32.1. The number of carbonyl (C=O) groups is 1. The van der Waals surface area contributed by atoms with Gasteiger partial charge in [0.25, 0.3) is 0 Å². The summed E-state index contributed by atoms with van der Waals surface area (Å²) in [5, 5.41) is 9.53. The summed E-state index contributed by atoms with van der Waals surface area (Å²) < 4.78 is 0. The quantitative estimate of drug-likeness (QED) is 0.671. The number of hydrogen-bond donors (Lipinski definition) is 1. The van der Waals surface area contributed by atoms with E-state index in [-0.39, 0.29) is 11.9 Å². The fourth-order valence-electron chi connectivity index (χ4n) is 2.88. The van der Waals surface area contributed by atoms with E-state index in [1.54, 1.807) is 17.4 Å². The van der Waals surface area contributed by atoms with E-state index in [9.17, 15) is 4.79 Å². The molecule has 0 radical (unpaired) electrons. The Morgan fingerprint density at radius 3 is 2.72 bits per heavy atom. The van der Waals surface area contributed by atoms with E-state index in [0.717, 1.165) is 10.9 Å². The lowest BCUT2D eigenvalue weighted by Gasteiger charge is -2.23. The molecule has 3 nitrogen and oxygen atoms in total. The van der Waals surface area contributed by atoms with Gasteiger partial charge in [-0.15, -0.1) is 0 Å². The van der Waals surface area contributed by atoms with Gasteiger partial charge in [-0.05, 0) is 58.9 Å². The maximum Gasteiger partial charge on any atom is 0.244 e. The molecule has 0 aliphatic rings. The molecule has 0 saturated heterocycles. The summed E-state index contributed by atoms with van der Waals surface area (Å²) in [5.41, 5.74) is 2.28. The molecule has 0 fully saturated rings. The Morgan fingerprint density at radius 2 is 1.96 bits per heavy atom. The highest BCUT2D eigenvalue weighted by Gasteiger charge is 2.14. The van der Waals surface area contributed by atoms with Gasteiger partial charge in [0.2, 0.25) is 5.91 Å². The number of nitrogens with zero attached hydrogens (tertiary/aromatic N) is 1. The first-order chi connectivity index (χ1) is 12.1. The summed E-state index contributed by atoms with van der Waals surface area (Å²) in [6.45, 7) is 0.586. The van der Waals surface area contributed by atoms with Gasteiger partial charge in [0.15, 0.2) is 0 Å². The summed E-state index contributed by atoms with van der Waals surface area (Å²) >= 11 is 1.67. The second-order valence-electron chi connectivity index (χ2n) is 6.18. The minimum atomic E-state index is -0.0741. The third kappa shape index (κ3) is 4.35. The molecule has 128 valence electrons. The van der Waals surface area contributed by atoms with Gasteiger partial charge in [-0.1, -0.05) is 42.5 Å². The minimum Gasteiger partial charge on any atom is -0.351 e. The zero-order valence-corrected chi connectivity index (χ0v) is 15.3. The predicted molar refractivity (Wildman–Crippen MR) is 107 cm³/mol. The number of amides is 1. The average molecular weight is 350 g/mol. The maximum atomic E-state index is 12.2. The fourth-order valence-corrected chi connectivity index (χ4v) is 3.59. The second-order valence-corrected chi connectivity index (χ2v) is 6.96. The van der Waals surface area contributed by atoms with E-state index < -0.39 is 0 Å². The zero-order chi connectivity index (χ0) is 17.6. The van der Waals surface area contributed by atoms with Gasteiger partial charge in [-0.3, -0.25) is 4.79 Å². The van der Waals surface area contributed by atoms with Crippen LogP contribution in [-0.4, -0.2) is 31.4 Å². The number of carbonyl (C=O) groups excluding carboxylic acids is 1.